The fourth-order valence-corrected chi connectivity index (χ4v) is 3.84. The van der Waals surface area contributed by atoms with Gasteiger partial charge in [-0.25, -0.2) is 0 Å². The Kier molecular flexibility index (Phi) is 12.8. The third-order valence-corrected chi connectivity index (χ3v) is 6.38. The Balaban J connectivity index is 5.62. The van der Waals surface area contributed by atoms with Crippen molar-refractivity contribution < 1.29 is 52.7 Å². The zero-order valence-corrected chi connectivity index (χ0v) is 21.1. The molecule has 194 valence electrons. The largest absolute Gasteiger partial charge is 0.384 e. The van der Waals surface area contributed by atoms with Gasteiger partial charge in [-0.3, -0.25) is 0 Å². The summed E-state index contributed by atoms with van der Waals surface area (Å²) < 4.78 is 167. The molecule has 0 aliphatic carbocycles. The van der Waals surface area contributed by atoms with Crippen LogP contribution in [0.2, 0.25) is 0 Å². The van der Waals surface area contributed by atoms with Crippen LogP contribution in [0, 0.1) is 0 Å². The van der Waals surface area contributed by atoms with Crippen LogP contribution in [0.5, 0.6) is 0 Å². The molecule has 0 aromatic carbocycles. The minimum absolute atomic E-state index is 0.123. The van der Waals surface area contributed by atoms with Crippen molar-refractivity contribution in [3.05, 3.63) is 0 Å². The molecule has 0 nitrogen and oxygen atoms in total. The van der Waals surface area contributed by atoms with Crippen LogP contribution in [0.1, 0.15) is 64.2 Å². The van der Waals surface area contributed by atoms with Crippen LogP contribution in [-0.4, -0.2) is 44.4 Å². The summed E-state index contributed by atoms with van der Waals surface area (Å²) >= 11 is 3.86. The van der Waals surface area contributed by atoms with Crippen molar-refractivity contribution in [2.45, 2.75) is 99.7 Å². The summed E-state index contributed by atoms with van der Waals surface area (Å²) in [5.41, 5.74) is 0. The minimum Gasteiger partial charge on any atom is -0.200 e. The van der Waals surface area contributed by atoms with E-state index in [2.05, 4.69) is 0 Å². The van der Waals surface area contributed by atoms with Crippen LogP contribution in [0.3, 0.4) is 0 Å². The molecule has 0 amide bonds. The highest BCUT2D eigenvalue weighted by Gasteiger charge is 2.89. The summed E-state index contributed by atoms with van der Waals surface area (Å²) in [6, 6.07) is 0. The lowest BCUT2D eigenvalue weighted by atomic mass is 9.88. The number of alkyl halides is 14. The van der Waals surface area contributed by atoms with E-state index in [1.165, 1.54) is 0 Å². The molecule has 0 unspecified atom stereocenters. The van der Waals surface area contributed by atoms with Crippen LogP contribution in [-0.2, 0) is 0 Å². The van der Waals surface area contributed by atoms with Crippen LogP contribution in [0.25, 0.3) is 0 Å². The topological polar surface area (TPSA) is 0 Å². The molecular formula is C18H24F12I2. The van der Waals surface area contributed by atoms with E-state index in [1.54, 1.807) is 0 Å². The molecule has 0 fully saturated rings. The normalized spacial score (nSPS) is 14.8. The van der Waals surface area contributed by atoms with E-state index in [9.17, 15) is 52.7 Å². The van der Waals surface area contributed by atoms with Gasteiger partial charge in [0.05, 0.1) is 0 Å². The second kappa shape index (κ2) is 12.5. The maximum Gasteiger partial charge on any atom is 0.384 e. The lowest BCUT2D eigenvalue weighted by Crippen LogP contribution is -2.70. The Morgan fingerprint density at radius 1 is 0.344 bits per heavy atom. The lowest BCUT2D eigenvalue weighted by molar-refractivity contribution is -0.425. The predicted octanol–water partition coefficient (Wildman–Crippen LogP) is 9.57. The molecule has 0 heterocycles. The summed E-state index contributed by atoms with van der Waals surface area (Å²) in [4.78, 5) is 0. The molecule has 0 bridgehead atoms. The molecule has 14 heteroatoms. The molecular weight excluding hydrogens is 698 g/mol. The van der Waals surface area contributed by atoms with E-state index in [4.69, 9.17) is 0 Å². The maximum absolute atomic E-state index is 13.8. The average Bonchev–Trinajstić information content (AvgIpc) is 2.66. The second-order valence-corrected chi connectivity index (χ2v) is 9.57. The molecule has 0 saturated carbocycles. The zero-order valence-electron chi connectivity index (χ0n) is 16.8. The number of hydrogen-bond acceptors (Lipinski definition) is 0. The summed E-state index contributed by atoms with van der Waals surface area (Å²) in [6.07, 6.45) is -4.26. The second-order valence-electron chi connectivity index (χ2n) is 7.41. The SMILES string of the molecule is FC(F)(CCCCCCI)C(F)(F)C(F)(F)C(F)(F)C(F)(F)C(F)(F)CCCCCCI. The molecule has 0 aliphatic heterocycles. The van der Waals surface area contributed by atoms with Crippen LogP contribution >= 0.6 is 45.2 Å². The number of unbranched alkanes of at least 4 members (excludes halogenated alkanes) is 6. The first-order valence-corrected chi connectivity index (χ1v) is 12.8. The number of rotatable bonds is 17. The molecule has 32 heavy (non-hydrogen) atoms. The van der Waals surface area contributed by atoms with Gasteiger partial charge in [-0.15, -0.1) is 0 Å². The zero-order chi connectivity index (χ0) is 25.5. The molecule has 0 saturated heterocycles. The van der Waals surface area contributed by atoms with Crippen LogP contribution in [0.4, 0.5) is 52.7 Å². The van der Waals surface area contributed by atoms with Crippen molar-refractivity contribution in [2.24, 2.45) is 0 Å². The smallest absolute Gasteiger partial charge is 0.200 e. The first-order chi connectivity index (χ1) is 14.4. The van der Waals surface area contributed by atoms with E-state index in [-0.39, 0.29) is 25.7 Å². The summed E-state index contributed by atoms with van der Waals surface area (Å²) in [7, 11) is 0. The van der Waals surface area contributed by atoms with Gasteiger partial charge in [-0.1, -0.05) is 70.9 Å². The molecule has 0 radical (unpaired) electrons. The lowest BCUT2D eigenvalue weighted by Gasteiger charge is -2.41. The summed E-state index contributed by atoms with van der Waals surface area (Å²) in [5, 5.41) is 0. The highest BCUT2D eigenvalue weighted by Crippen LogP contribution is 2.61. The van der Waals surface area contributed by atoms with E-state index in [0.29, 0.717) is 21.7 Å². The van der Waals surface area contributed by atoms with Gasteiger partial charge in [0.15, 0.2) is 0 Å². The Bertz CT molecular complexity index is 504. The van der Waals surface area contributed by atoms with Gasteiger partial charge >= 0.3 is 35.5 Å². The quantitative estimate of drug-likeness (QED) is 0.0608. The number of hydrogen-bond donors (Lipinski definition) is 0. The highest BCUT2D eigenvalue weighted by molar-refractivity contribution is 14.1. The van der Waals surface area contributed by atoms with E-state index in [1.807, 2.05) is 45.2 Å². The monoisotopic (exact) mass is 722 g/mol. The Hall–Kier alpha value is 0.620. The summed E-state index contributed by atoms with van der Waals surface area (Å²) in [6.45, 7) is 0. The van der Waals surface area contributed by atoms with Gasteiger partial charge in [0.2, 0.25) is 0 Å². The first-order valence-electron chi connectivity index (χ1n) is 9.76. The Morgan fingerprint density at radius 3 is 0.844 bits per heavy atom. The summed E-state index contributed by atoms with van der Waals surface area (Å²) in [5.74, 6) is -40.5. The first kappa shape index (κ1) is 32.6. The van der Waals surface area contributed by atoms with E-state index >= 15 is 0 Å². The van der Waals surface area contributed by atoms with Crippen molar-refractivity contribution in [1.29, 1.82) is 0 Å². The van der Waals surface area contributed by atoms with Crippen LogP contribution in [0.15, 0.2) is 0 Å². The van der Waals surface area contributed by atoms with Gasteiger partial charge in [0, 0.05) is 12.8 Å². The maximum atomic E-state index is 13.8. The van der Waals surface area contributed by atoms with Gasteiger partial charge in [-0.2, -0.15) is 52.7 Å². The van der Waals surface area contributed by atoms with Crippen molar-refractivity contribution >= 4 is 45.2 Å². The van der Waals surface area contributed by atoms with Crippen molar-refractivity contribution in [1.82, 2.24) is 0 Å². The van der Waals surface area contributed by atoms with Gasteiger partial charge < -0.3 is 0 Å². The Morgan fingerprint density at radius 2 is 0.594 bits per heavy atom. The van der Waals surface area contributed by atoms with Crippen molar-refractivity contribution in [3.8, 4) is 0 Å². The number of halogens is 14. The van der Waals surface area contributed by atoms with Crippen molar-refractivity contribution in [3.63, 3.8) is 0 Å². The van der Waals surface area contributed by atoms with Gasteiger partial charge in [0.1, 0.15) is 0 Å². The van der Waals surface area contributed by atoms with Crippen molar-refractivity contribution in [2.75, 3.05) is 8.86 Å². The highest BCUT2D eigenvalue weighted by atomic mass is 127. The average molecular weight is 722 g/mol. The molecule has 0 spiro atoms. The molecule has 0 rings (SSSR count). The third-order valence-electron chi connectivity index (χ3n) is 4.85. The molecule has 0 aromatic rings. The predicted molar refractivity (Wildman–Crippen MR) is 114 cm³/mol. The fourth-order valence-electron chi connectivity index (χ4n) is 2.76. The van der Waals surface area contributed by atoms with Gasteiger partial charge in [0.25, 0.3) is 0 Å². The van der Waals surface area contributed by atoms with E-state index < -0.39 is 61.2 Å². The molecule has 0 aliphatic rings. The molecule has 0 atom stereocenters. The minimum atomic E-state index is -7.44. The third kappa shape index (κ3) is 7.08. The Labute approximate surface area is 205 Å². The molecule has 0 N–H and O–H groups in total. The van der Waals surface area contributed by atoms with Crippen LogP contribution < -0.4 is 0 Å². The molecule has 0 aromatic heterocycles. The van der Waals surface area contributed by atoms with Gasteiger partial charge in [-0.05, 0) is 34.5 Å². The standard InChI is InChI=1S/C18H24F12I2/c19-13(20,9-5-1-3-7-11-31)15(23,24)17(27,28)18(29,30)16(25,26)14(21,22)10-6-2-4-8-12-32/h1-12H2. The fraction of sp³-hybridized carbons (Fsp3) is 1.00. The van der Waals surface area contributed by atoms with E-state index in [0.717, 1.165) is 0 Å².